The maximum absolute atomic E-state index is 5.81. The molecule has 1 aliphatic carbocycles. The number of unbranched alkanes of at least 4 members (excludes halogenated alkanes) is 6. The number of aromatic nitrogens is 2. The first-order chi connectivity index (χ1) is 16.3. The molecule has 0 saturated heterocycles. The van der Waals surface area contributed by atoms with Gasteiger partial charge in [0.05, 0.1) is 6.61 Å². The highest BCUT2D eigenvalue weighted by Crippen LogP contribution is 2.34. The van der Waals surface area contributed by atoms with E-state index in [-0.39, 0.29) is 0 Å². The molecule has 2 aromatic rings. The minimum Gasteiger partial charge on any atom is -0.494 e. The topological polar surface area (TPSA) is 35.0 Å². The fourth-order valence-electron chi connectivity index (χ4n) is 5.09. The van der Waals surface area contributed by atoms with Crippen molar-refractivity contribution in [1.29, 1.82) is 0 Å². The Morgan fingerprint density at radius 2 is 1.33 bits per heavy atom. The van der Waals surface area contributed by atoms with E-state index >= 15 is 0 Å². The monoisotopic (exact) mass is 450 g/mol. The summed E-state index contributed by atoms with van der Waals surface area (Å²) in [4.78, 5) is 9.29. The van der Waals surface area contributed by atoms with Gasteiger partial charge in [0.2, 0.25) is 0 Å². The van der Waals surface area contributed by atoms with Gasteiger partial charge in [-0.05, 0) is 60.9 Å². The molecule has 0 atom stereocenters. The highest BCUT2D eigenvalue weighted by Gasteiger charge is 2.20. The van der Waals surface area contributed by atoms with Gasteiger partial charge in [-0.15, -0.1) is 0 Å². The van der Waals surface area contributed by atoms with Crippen molar-refractivity contribution in [1.82, 2.24) is 9.97 Å². The fourth-order valence-corrected chi connectivity index (χ4v) is 5.09. The highest BCUT2D eigenvalue weighted by molar-refractivity contribution is 5.55. The zero-order chi connectivity index (χ0) is 23.1. The Bertz CT molecular complexity index is 748. The predicted octanol–water partition coefficient (Wildman–Crippen LogP) is 8.81. The lowest BCUT2D eigenvalue weighted by Gasteiger charge is -2.28. The maximum atomic E-state index is 5.81. The smallest absolute Gasteiger partial charge is 0.159 e. The van der Waals surface area contributed by atoms with Crippen LogP contribution in [-0.4, -0.2) is 16.6 Å². The van der Waals surface area contributed by atoms with Gasteiger partial charge in [-0.1, -0.05) is 90.9 Å². The van der Waals surface area contributed by atoms with Crippen LogP contribution in [0.3, 0.4) is 0 Å². The van der Waals surface area contributed by atoms with E-state index in [1.807, 2.05) is 24.5 Å². The number of nitrogens with zero attached hydrogens (tertiary/aromatic N) is 2. The number of rotatable bonds is 15. The Hall–Kier alpha value is -1.90. The molecule has 0 radical (unpaired) electrons. The number of hydrogen-bond acceptors (Lipinski definition) is 3. The molecule has 0 amide bonds. The van der Waals surface area contributed by atoms with Crippen LogP contribution >= 0.6 is 0 Å². The van der Waals surface area contributed by atoms with Gasteiger partial charge in [0.25, 0.3) is 0 Å². The summed E-state index contributed by atoms with van der Waals surface area (Å²) >= 11 is 0. The lowest BCUT2D eigenvalue weighted by molar-refractivity contribution is 0.248. The van der Waals surface area contributed by atoms with E-state index in [9.17, 15) is 0 Å². The van der Waals surface area contributed by atoms with Crippen molar-refractivity contribution in [3.05, 3.63) is 42.2 Å². The second kappa shape index (κ2) is 15.1. The van der Waals surface area contributed by atoms with Gasteiger partial charge in [-0.3, -0.25) is 0 Å². The first-order valence-electron chi connectivity index (χ1n) is 13.8. The van der Waals surface area contributed by atoms with E-state index in [1.165, 1.54) is 89.0 Å². The predicted molar refractivity (Wildman–Crippen MR) is 140 cm³/mol. The quantitative estimate of drug-likeness (QED) is 0.254. The van der Waals surface area contributed by atoms with Crippen LogP contribution in [-0.2, 0) is 6.42 Å². The van der Waals surface area contributed by atoms with Gasteiger partial charge in [-0.2, -0.15) is 0 Å². The van der Waals surface area contributed by atoms with E-state index in [4.69, 9.17) is 4.74 Å². The van der Waals surface area contributed by atoms with Crippen LogP contribution in [0, 0.1) is 11.8 Å². The lowest BCUT2D eigenvalue weighted by Crippen LogP contribution is -2.15. The standard InChI is InChI=1S/C30H46N2O/c1-3-5-7-8-9-11-25-12-14-26(15-13-25)16-17-27-23-31-30(32-24-27)28-18-20-29(21-19-28)33-22-10-6-4-2/h18-21,23-26H,3-17,22H2,1-2H3/t25-,26-. The van der Waals surface area contributed by atoms with Crippen molar-refractivity contribution < 1.29 is 4.74 Å². The molecule has 3 heteroatoms. The second-order valence-corrected chi connectivity index (χ2v) is 10.1. The van der Waals surface area contributed by atoms with Gasteiger partial charge in [0.15, 0.2) is 5.82 Å². The minimum atomic E-state index is 0.791. The fraction of sp³-hybridized carbons (Fsp3) is 0.667. The lowest BCUT2D eigenvalue weighted by atomic mass is 9.78. The van der Waals surface area contributed by atoms with Crippen molar-refractivity contribution in [2.24, 2.45) is 11.8 Å². The molecule has 182 valence electrons. The SMILES string of the molecule is CCCCCCC[C@H]1CC[C@H](CCc2cnc(-c3ccc(OCCCCC)cc3)nc2)CC1. The van der Waals surface area contributed by atoms with E-state index in [0.29, 0.717) is 0 Å². The Labute approximate surface area is 202 Å². The van der Waals surface area contributed by atoms with Crippen molar-refractivity contribution in [3.63, 3.8) is 0 Å². The first kappa shape index (κ1) is 25.7. The zero-order valence-electron chi connectivity index (χ0n) is 21.2. The van der Waals surface area contributed by atoms with Crippen LogP contribution in [0.2, 0.25) is 0 Å². The average Bonchev–Trinajstić information content (AvgIpc) is 2.87. The van der Waals surface area contributed by atoms with E-state index in [0.717, 1.165) is 48.4 Å². The van der Waals surface area contributed by atoms with Gasteiger partial charge in [0, 0.05) is 18.0 Å². The van der Waals surface area contributed by atoms with Crippen LogP contribution in [0.25, 0.3) is 11.4 Å². The summed E-state index contributed by atoms with van der Waals surface area (Å²) in [5.41, 5.74) is 2.32. The number of benzene rings is 1. The number of hydrogen-bond donors (Lipinski definition) is 0. The van der Waals surface area contributed by atoms with Crippen LogP contribution in [0.4, 0.5) is 0 Å². The molecule has 1 saturated carbocycles. The molecule has 1 aromatic carbocycles. The molecule has 0 spiro atoms. The third kappa shape index (κ3) is 9.47. The normalized spacial score (nSPS) is 18.4. The summed E-state index contributed by atoms with van der Waals surface area (Å²) in [6, 6.07) is 8.18. The molecule has 0 unspecified atom stereocenters. The molecule has 0 bridgehead atoms. The van der Waals surface area contributed by atoms with Crippen molar-refractivity contribution in [3.8, 4) is 17.1 Å². The zero-order valence-corrected chi connectivity index (χ0v) is 21.2. The van der Waals surface area contributed by atoms with Crippen LogP contribution in [0.1, 0.15) is 109 Å². The third-order valence-corrected chi connectivity index (χ3v) is 7.36. The molecule has 33 heavy (non-hydrogen) atoms. The van der Waals surface area contributed by atoms with Gasteiger partial charge < -0.3 is 4.74 Å². The first-order valence-corrected chi connectivity index (χ1v) is 13.8. The molecule has 0 aliphatic heterocycles. The Morgan fingerprint density at radius 3 is 2.00 bits per heavy atom. The number of ether oxygens (including phenoxy) is 1. The van der Waals surface area contributed by atoms with Gasteiger partial charge in [0.1, 0.15) is 5.75 Å². The summed E-state index contributed by atoms with van der Waals surface area (Å²) in [6.07, 6.45) is 24.3. The summed E-state index contributed by atoms with van der Waals surface area (Å²) in [5, 5.41) is 0. The molecular weight excluding hydrogens is 404 g/mol. The Morgan fingerprint density at radius 1 is 0.727 bits per heavy atom. The summed E-state index contributed by atoms with van der Waals surface area (Å²) in [5.74, 6) is 3.62. The van der Waals surface area contributed by atoms with E-state index < -0.39 is 0 Å². The van der Waals surface area contributed by atoms with Gasteiger partial charge >= 0.3 is 0 Å². The summed E-state index contributed by atoms with van der Waals surface area (Å²) in [6.45, 7) is 5.30. The summed E-state index contributed by atoms with van der Waals surface area (Å²) in [7, 11) is 0. The Balaban J connectivity index is 1.35. The highest BCUT2D eigenvalue weighted by atomic mass is 16.5. The third-order valence-electron chi connectivity index (χ3n) is 7.36. The van der Waals surface area contributed by atoms with Crippen molar-refractivity contribution in [2.45, 2.75) is 110 Å². The molecule has 1 aromatic heterocycles. The molecule has 1 aliphatic rings. The average molecular weight is 451 g/mol. The molecule has 3 rings (SSSR count). The van der Waals surface area contributed by atoms with Crippen LogP contribution in [0.5, 0.6) is 5.75 Å². The van der Waals surface area contributed by atoms with Crippen LogP contribution < -0.4 is 4.74 Å². The largest absolute Gasteiger partial charge is 0.494 e. The Kier molecular flexibility index (Phi) is 11.8. The van der Waals surface area contributed by atoms with Gasteiger partial charge in [-0.25, -0.2) is 9.97 Å². The van der Waals surface area contributed by atoms with Crippen LogP contribution in [0.15, 0.2) is 36.7 Å². The van der Waals surface area contributed by atoms with E-state index in [1.54, 1.807) is 0 Å². The minimum absolute atomic E-state index is 0.791. The van der Waals surface area contributed by atoms with Crippen molar-refractivity contribution >= 4 is 0 Å². The molecule has 0 N–H and O–H groups in total. The molecule has 1 heterocycles. The second-order valence-electron chi connectivity index (χ2n) is 10.1. The van der Waals surface area contributed by atoms with Crippen molar-refractivity contribution in [2.75, 3.05) is 6.61 Å². The molecule has 3 nitrogen and oxygen atoms in total. The maximum Gasteiger partial charge on any atom is 0.159 e. The summed E-state index contributed by atoms with van der Waals surface area (Å²) < 4.78 is 5.81. The molecular formula is C30H46N2O. The number of aryl methyl sites for hydroxylation is 1. The molecule has 1 fully saturated rings. The van der Waals surface area contributed by atoms with E-state index in [2.05, 4.69) is 35.9 Å².